The molecule has 26 heavy (non-hydrogen) atoms. The van der Waals surface area contributed by atoms with Gasteiger partial charge in [0.25, 0.3) is 11.8 Å². The molecule has 2 aromatic rings. The van der Waals surface area contributed by atoms with Gasteiger partial charge in [0.15, 0.2) is 0 Å². The van der Waals surface area contributed by atoms with Crippen LogP contribution in [0.5, 0.6) is 0 Å². The first-order valence-electron chi connectivity index (χ1n) is 8.40. The fraction of sp³-hybridized carbons (Fsp3) is 0.316. The molecule has 0 saturated carbocycles. The molecule has 7 heteroatoms. The van der Waals surface area contributed by atoms with Crippen molar-refractivity contribution in [3.8, 4) is 0 Å². The number of carbonyl (C=O) groups is 3. The maximum Gasteiger partial charge on any atom is 0.355 e. The van der Waals surface area contributed by atoms with Gasteiger partial charge in [-0.05, 0) is 45.4 Å². The molecule has 0 atom stereocenters. The van der Waals surface area contributed by atoms with Gasteiger partial charge < -0.3 is 20.4 Å². The molecule has 0 aliphatic carbocycles. The number of primary amides is 1. The zero-order chi connectivity index (χ0) is 19.4. The summed E-state index contributed by atoms with van der Waals surface area (Å²) in [7, 11) is 0. The van der Waals surface area contributed by atoms with Crippen LogP contribution in [0.3, 0.4) is 0 Å². The van der Waals surface area contributed by atoms with Crippen molar-refractivity contribution in [2.75, 3.05) is 11.9 Å². The summed E-state index contributed by atoms with van der Waals surface area (Å²) in [4.78, 5) is 36.7. The number of ether oxygens (including phenoxy) is 1. The van der Waals surface area contributed by atoms with Crippen molar-refractivity contribution >= 4 is 23.5 Å². The molecular formula is C19H23N3O4. The van der Waals surface area contributed by atoms with Crippen molar-refractivity contribution in [2.45, 2.75) is 34.2 Å². The van der Waals surface area contributed by atoms with Gasteiger partial charge in [-0.2, -0.15) is 0 Å². The topological polar surface area (TPSA) is 103 Å². The second-order valence-electron chi connectivity index (χ2n) is 5.76. The van der Waals surface area contributed by atoms with Gasteiger partial charge >= 0.3 is 5.97 Å². The molecule has 3 N–H and O–H groups in total. The number of hydrogen-bond donors (Lipinski definition) is 2. The highest BCUT2D eigenvalue weighted by Gasteiger charge is 2.27. The lowest BCUT2D eigenvalue weighted by atomic mass is 10.1. The van der Waals surface area contributed by atoms with E-state index in [0.717, 1.165) is 0 Å². The van der Waals surface area contributed by atoms with E-state index in [1.54, 1.807) is 49.6 Å². The largest absolute Gasteiger partial charge is 0.461 e. The minimum Gasteiger partial charge on any atom is -0.461 e. The summed E-state index contributed by atoms with van der Waals surface area (Å²) in [6.45, 7) is 7.87. The molecule has 7 nitrogen and oxygen atoms in total. The number of rotatable bonds is 6. The van der Waals surface area contributed by atoms with Crippen LogP contribution in [0.4, 0.5) is 5.69 Å². The van der Waals surface area contributed by atoms with Crippen molar-refractivity contribution in [3.05, 3.63) is 52.3 Å². The van der Waals surface area contributed by atoms with E-state index in [0.29, 0.717) is 34.7 Å². The molecule has 0 aliphatic rings. The molecule has 0 bridgehead atoms. The number of aromatic nitrogens is 1. The first kappa shape index (κ1) is 19.2. The summed E-state index contributed by atoms with van der Waals surface area (Å²) in [5.74, 6) is -1.51. The molecule has 1 aromatic heterocycles. The Labute approximate surface area is 152 Å². The standard InChI is InChI=1S/C19H23N3O4/c1-5-22-12(4)15(11(3)16(22)19(25)26-6-2)18(24)21-14-10-8-7-9-13(14)17(20)23/h7-10H,5-6H2,1-4H3,(H2,20,23)(H,21,24). The fourth-order valence-electron chi connectivity index (χ4n) is 3.08. The van der Waals surface area contributed by atoms with E-state index in [-0.39, 0.29) is 12.2 Å². The van der Waals surface area contributed by atoms with E-state index in [2.05, 4.69) is 5.32 Å². The SMILES string of the molecule is CCOC(=O)c1c(C)c(C(=O)Nc2ccccc2C(N)=O)c(C)n1CC. The minimum absolute atomic E-state index is 0.219. The number of anilines is 1. The lowest BCUT2D eigenvalue weighted by molar-refractivity contribution is 0.0512. The fourth-order valence-corrected chi connectivity index (χ4v) is 3.08. The third-order valence-electron chi connectivity index (χ3n) is 4.22. The molecule has 0 spiro atoms. The monoisotopic (exact) mass is 357 g/mol. The Hall–Kier alpha value is -3.09. The Balaban J connectivity index is 2.48. The van der Waals surface area contributed by atoms with Crippen LogP contribution in [-0.2, 0) is 11.3 Å². The predicted octanol–water partition coefficient (Wildman–Crippen LogP) is 2.65. The van der Waals surface area contributed by atoms with Gasteiger partial charge in [-0.15, -0.1) is 0 Å². The molecular weight excluding hydrogens is 334 g/mol. The number of nitrogens with one attached hydrogen (secondary N) is 1. The molecule has 0 unspecified atom stereocenters. The Morgan fingerprint density at radius 2 is 1.81 bits per heavy atom. The van der Waals surface area contributed by atoms with Gasteiger partial charge in [-0.25, -0.2) is 4.79 Å². The van der Waals surface area contributed by atoms with Crippen LogP contribution < -0.4 is 11.1 Å². The van der Waals surface area contributed by atoms with Gasteiger partial charge in [0.2, 0.25) is 0 Å². The van der Waals surface area contributed by atoms with Gasteiger partial charge in [-0.1, -0.05) is 12.1 Å². The van der Waals surface area contributed by atoms with Crippen molar-refractivity contribution in [3.63, 3.8) is 0 Å². The molecule has 2 amide bonds. The molecule has 0 radical (unpaired) electrons. The highest BCUT2D eigenvalue weighted by atomic mass is 16.5. The minimum atomic E-state index is -0.632. The third-order valence-corrected chi connectivity index (χ3v) is 4.22. The number of carbonyl (C=O) groups excluding carboxylic acids is 3. The van der Waals surface area contributed by atoms with Gasteiger partial charge in [0.05, 0.1) is 23.4 Å². The molecule has 2 rings (SSSR count). The third kappa shape index (κ3) is 3.46. The molecule has 138 valence electrons. The number of nitrogens with two attached hydrogens (primary N) is 1. The first-order valence-corrected chi connectivity index (χ1v) is 8.40. The average molecular weight is 357 g/mol. The van der Waals surface area contributed by atoms with Crippen LogP contribution in [0.15, 0.2) is 24.3 Å². The number of nitrogens with zero attached hydrogens (tertiary/aromatic N) is 1. The number of para-hydroxylation sites is 1. The highest BCUT2D eigenvalue weighted by molar-refractivity contribution is 6.11. The van der Waals surface area contributed by atoms with Crippen LogP contribution >= 0.6 is 0 Å². The summed E-state index contributed by atoms with van der Waals surface area (Å²) >= 11 is 0. The summed E-state index contributed by atoms with van der Waals surface area (Å²) in [6.07, 6.45) is 0. The predicted molar refractivity (Wildman–Crippen MR) is 98.4 cm³/mol. The van der Waals surface area contributed by atoms with Crippen molar-refractivity contribution in [2.24, 2.45) is 5.73 Å². The summed E-state index contributed by atoms with van der Waals surface area (Å²) in [6, 6.07) is 6.51. The maximum absolute atomic E-state index is 12.9. The number of hydrogen-bond acceptors (Lipinski definition) is 4. The van der Waals surface area contributed by atoms with Gasteiger partial charge in [-0.3, -0.25) is 9.59 Å². The number of amides is 2. The van der Waals surface area contributed by atoms with Crippen molar-refractivity contribution in [1.82, 2.24) is 4.57 Å². The molecule has 0 fully saturated rings. The molecule has 1 aromatic carbocycles. The van der Waals surface area contributed by atoms with Gasteiger partial charge in [0, 0.05) is 12.2 Å². The summed E-state index contributed by atoms with van der Waals surface area (Å²) in [5.41, 5.74) is 7.84. The highest BCUT2D eigenvalue weighted by Crippen LogP contribution is 2.25. The van der Waals surface area contributed by atoms with Crippen LogP contribution in [-0.4, -0.2) is 29.0 Å². The van der Waals surface area contributed by atoms with Crippen molar-refractivity contribution < 1.29 is 19.1 Å². The van der Waals surface area contributed by atoms with Gasteiger partial charge in [0.1, 0.15) is 5.69 Å². The number of esters is 1. The van der Waals surface area contributed by atoms with E-state index >= 15 is 0 Å². The van der Waals surface area contributed by atoms with Crippen LogP contribution in [0, 0.1) is 13.8 Å². The zero-order valence-electron chi connectivity index (χ0n) is 15.4. The normalized spacial score (nSPS) is 10.5. The van der Waals surface area contributed by atoms with Crippen LogP contribution in [0.2, 0.25) is 0 Å². The smallest absolute Gasteiger partial charge is 0.355 e. The van der Waals surface area contributed by atoms with Crippen molar-refractivity contribution in [1.29, 1.82) is 0 Å². The lowest BCUT2D eigenvalue weighted by Crippen LogP contribution is -2.19. The average Bonchev–Trinajstić information content (AvgIpc) is 2.85. The maximum atomic E-state index is 12.9. The lowest BCUT2D eigenvalue weighted by Gasteiger charge is -2.10. The summed E-state index contributed by atoms with van der Waals surface area (Å²) in [5, 5.41) is 2.72. The Kier molecular flexibility index (Phi) is 5.82. The van der Waals surface area contributed by atoms with E-state index in [1.807, 2.05) is 6.92 Å². The second kappa shape index (κ2) is 7.86. The Bertz CT molecular complexity index is 868. The van der Waals surface area contributed by atoms with E-state index in [1.165, 1.54) is 0 Å². The molecule has 1 heterocycles. The quantitative estimate of drug-likeness (QED) is 0.776. The first-order chi connectivity index (χ1) is 12.3. The number of benzene rings is 1. The Morgan fingerprint density at radius 3 is 2.38 bits per heavy atom. The van der Waals surface area contributed by atoms with Crippen LogP contribution in [0.25, 0.3) is 0 Å². The Morgan fingerprint density at radius 1 is 1.15 bits per heavy atom. The van der Waals surface area contributed by atoms with E-state index in [9.17, 15) is 14.4 Å². The zero-order valence-corrected chi connectivity index (χ0v) is 15.4. The summed E-state index contributed by atoms with van der Waals surface area (Å²) < 4.78 is 6.87. The molecule has 0 aliphatic heterocycles. The second-order valence-corrected chi connectivity index (χ2v) is 5.76. The molecule has 0 saturated heterocycles. The van der Waals surface area contributed by atoms with E-state index in [4.69, 9.17) is 10.5 Å². The van der Waals surface area contributed by atoms with Crippen LogP contribution in [0.1, 0.15) is 56.3 Å². The van der Waals surface area contributed by atoms with E-state index < -0.39 is 17.8 Å².